The number of hydrogen-bond acceptors (Lipinski definition) is 2. The van der Waals surface area contributed by atoms with E-state index < -0.39 is 0 Å². The Kier molecular flexibility index (Phi) is 10.6. The molecule has 2 N–H and O–H groups in total. The highest BCUT2D eigenvalue weighted by Crippen LogP contribution is 2.12. The maximum absolute atomic E-state index is 12.4. The molecule has 4 nitrogen and oxygen atoms in total. The van der Waals surface area contributed by atoms with Crippen LogP contribution in [0.3, 0.4) is 0 Å². The van der Waals surface area contributed by atoms with Crippen LogP contribution in [0, 0.1) is 0 Å². The molecule has 1 aromatic carbocycles. The van der Waals surface area contributed by atoms with E-state index >= 15 is 0 Å². The maximum atomic E-state index is 12.4. The Morgan fingerprint density at radius 3 is 1.93 bits per heavy atom. The van der Waals surface area contributed by atoms with Gasteiger partial charge < -0.3 is 10.6 Å². The summed E-state index contributed by atoms with van der Waals surface area (Å²) in [5.74, 6) is -0.498. The minimum Gasteiger partial charge on any atom is -0.355 e. The largest absolute Gasteiger partial charge is 0.355 e. The van der Waals surface area contributed by atoms with Gasteiger partial charge in [0, 0.05) is 13.6 Å². The fourth-order valence-corrected chi connectivity index (χ4v) is 2.77. The minimum atomic E-state index is -0.260. The van der Waals surface area contributed by atoms with Crippen LogP contribution in [-0.4, -0.2) is 25.4 Å². The molecule has 28 heavy (non-hydrogen) atoms. The second-order valence-corrected chi connectivity index (χ2v) is 7.29. The third-order valence-electron chi connectivity index (χ3n) is 4.48. The molecule has 0 aromatic heterocycles. The first kappa shape index (κ1) is 23.4. The van der Waals surface area contributed by atoms with Gasteiger partial charge in [-0.05, 0) is 65.5 Å². The summed E-state index contributed by atoms with van der Waals surface area (Å²) in [6.07, 6.45) is 10.8. The monoisotopic (exact) mass is 382 g/mol. The molecule has 1 rings (SSSR count). The lowest BCUT2D eigenvalue weighted by molar-refractivity contribution is 0.0926. The number of hydrogen-bond donors (Lipinski definition) is 2. The zero-order chi connectivity index (χ0) is 20.9. The fraction of sp³-hybridized carbons (Fsp3) is 0.417. The SMILES string of the molecule is CNC(=O)c1ccccc1C(=O)NC/C=C(/C)CC/C=C(/C)CCC=C(C)C. The van der Waals surface area contributed by atoms with Gasteiger partial charge in [-0.1, -0.05) is 47.1 Å². The number of carbonyl (C=O) groups is 2. The van der Waals surface area contributed by atoms with Crippen LogP contribution in [0.25, 0.3) is 0 Å². The molecule has 0 aliphatic heterocycles. The molecule has 0 bridgehead atoms. The predicted molar refractivity (Wildman–Crippen MR) is 118 cm³/mol. The Bertz CT molecular complexity index is 754. The summed E-state index contributed by atoms with van der Waals surface area (Å²) in [6.45, 7) is 8.97. The van der Waals surface area contributed by atoms with E-state index in [1.54, 1.807) is 31.3 Å². The van der Waals surface area contributed by atoms with E-state index in [1.807, 2.05) is 6.08 Å². The number of allylic oxidation sites excluding steroid dienone is 5. The Morgan fingerprint density at radius 1 is 0.821 bits per heavy atom. The maximum Gasteiger partial charge on any atom is 0.252 e. The van der Waals surface area contributed by atoms with Crippen LogP contribution >= 0.6 is 0 Å². The highest BCUT2D eigenvalue weighted by Gasteiger charge is 2.14. The zero-order valence-electron chi connectivity index (χ0n) is 17.9. The minimum absolute atomic E-state index is 0.238. The van der Waals surface area contributed by atoms with Crippen molar-refractivity contribution in [3.63, 3.8) is 0 Å². The summed E-state index contributed by atoms with van der Waals surface area (Å²) >= 11 is 0. The molecule has 1 aromatic rings. The quantitative estimate of drug-likeness (QED) is 0.547. The van der Waals surface area contributed by atoms with E-state index in [0.29, 0.717) is 17.7 Å². The molecule has 0 atom stereocenters. The van der Waals surface area contributed by atoms with Gasteiger partial charge in [-0.3, -0.25) is 9.59 Å². The van der Waals surface area contributed by atoms with Gasteiger partial charge in [0.25, 0.3) is 11.8 Å². The molecule has 0 fully saturated rings. The third-order valence-corrected chi connectivity index (χ3v) is 4.48. The molecule has 0 aliphatic carbocycles. The van der Waals surface area contributed by atoms with Gasteiger partial charge in [-0.2, -0.15) is 0 Å². The Morgan fingerprint density at radius 2 is 1.36 bits per heavy atom. The van der Waals surface area contributed by atoms with E-state index in [0.717, 1.165) is 25.7 Å². The summed E-state index contributed by atoms with van der Waals surface area (Å²) in [5, 5.41) is 5.43. The topological polar surface area (TPSA) is 58.2 Å². The van der Waals surface area contributed by atoms with Crippen molar-refractivity contribution in [2.45, 2.75) is 53.4 Å². The molecule has 0 radical (unpaired) electrons. The van der Waals surface area contributed by atoms with Crippen molar-refractivity contribution in [1.29, 1.82) is 0 Å². The van der Waals surface area contributed by atoms with Gasteiger partial charge in [0.1, 0.15) is 0 Å². The van der Waals surface area contributed by atoms with Gasteiger partial charge in [0.2, 0.25) is 0 Å². The van der Waals surface area contributed by atoms with Crippen molar-refractivity contribution >= 4 is 11.8 Å². The average Bonchev–Trinajstić information content (AvgIpc) is 2.67. The summed E-state index contributed by atoms with van der Waals surface area (Å²) < 4.78 is 0. The van der Waals surface area contributed by atoms with Crippen molar-refractivity contribution in [1.82, 2.24) is 10.6 Å². The number of amides is 2. The van der Waals surface area contributed by atoms with Gasteiger partial charge >= 0.3 is 0 Å². The molecular formula is C24H34N2O2. The molecule has 0 spiro atoms. The molecule has 0 saturated carbocycles. The Labute approximate surface area is 169 Å². The van der Waals surface area contributed by atoms with Crippen molar-refractivity contribution in [2.24, 2.45) is 0 Å². The number of benzene rings is 1. The van der Waals surface area contributed by atoms with E-state index in [-0.39, 0.29) is 11.8 Å². The lowest BCUT2D eigenvalue weighted by atomic mass is 10.1. The lowest BCUT2D eigenvalue weighted by Gasteiger charge is -2.08. The average molecular weight is 383 g/mol. The van der Waals surface area contributed by atoms with Crippen LogP contribution in [0.1, 0.15) is 74.1 Å². The fourth-order valence-electron chi connectivity index (χ4n) is 2.77. The Balaban J connectivity index is 2.47. The highest BCUT2D eigenvalue weighted by atomic mass is 16.2. The van der Waals surface area contributed by atoms with E-state index in [2.05, 4.69) is 50.5 Å². The standard InChI is InChI=1S/C24H34N2O2/c1-18(2)10-8-11-19(3)12-9-13-20(4)16-17-26-24(28)22-15-7-6-14-21(22)23(27)25-5/h6-7,10,12,14-16H,8-9,11,13,17H2,1-5H3,(H,25,27)(H,26,28)/b19-12-,20-16-. The number of carbonyl (C=O) groups excluding carboxylic acids is 2. The zero-order valence-corrected chi connectivity index (χ0v) is 17.9. The molecule has 0 aliphatic rings. The molecular weight excluding hydrogens is 348 g/mol. The molecule has 0 heterocycles. The van der Waals surface area contributed by atoms with Crippen LogP contribution < -0.4 is 10.6 Å². The number of nitrogens with one attached hydrogen (secondary N) is 2. The van der Waals surface area contributed by atoms with Crippen molar-refractivity contribution in [3.05, 3.63) is 70.3 Å². The smallest absolute Gasteiger partial charge is 0.252 e. The van der Waals surface area contributed by atoms with Crippen molar-refractivity contribution < 1.29 is 9.59 Å². The predicted octanol–water partition coefficient (Wildman–Crippen LogP) is 5.20. The first-order chi connectivity index (χ1) is 13.3. The van der Waals surface area contributed by atoms with E-state index in [1.165, 1.54) is 16.7 Å². The second kappa shape index (κ2) is 12.7. The third kappa shape index (κ3) is 8.85. The Hall–Kier alpha value is -2.62. The summed E-state index contributed by atoms with van der Waals surface area (Å²) in [4.78, 5) is 24.3. The van der Waals surface area contributed by atoms with Crippen molar-refractivity contribution in [2.75, 3.05) is 13.6 Å². The lowest BCUT2D eigenvalue weighted by Crippen LogP contribution is -2.28. The molecule has 0 unspecified atom stereocenters. The van der Waals surface area contributed by atoms with Crippen LogP contribution in [0.5, 0.6) is 0 Å². The first-order valence-corrected chi connectivity index (χ1v) is 9.89. The van der Waals surface area contributed by atoms with Crippen LogP contribution in [0.15, 0.2) is 59.2 Å². The molecule has 0 saturated heterocycles. The van der Waals surface area contributed by atoms with Crippen LogP contribution in [-0.2, 0) is 0 Å². The second-order valence-electron chi connectivity index (χ2n) is 7.29. The number of rotatable bonds is 10. The normalized spacial score (nSPS) is 11.8. The highest BCUT2D eigenvalue weighted by molar-refractivity contribution is 6.07. The molecule has 2 amide bonds. The molecule has 152 valence electrons. The summed E-state index contributed by atoms with van der Waals surface area (Å²) in [7, 11) is 1.56. The molecule has 4 heteroatoms. The van der Waals surface area contributed by atoms with E-state index in [4.69, 9.17) is 0 Å². The van der Waals surface area contributed by atoms with E-state index in [9.17, 15) is 9.59 Å². The van der Waals surface area contributed by atoms with Crippen LogP contribution in [0.4, 0.5) is 0 Å². The van der Waals surface area contributed by atoms with Crippen molar-refractivity contribution in [3.8, 4) is 0 Å². The summed E-state index contributed by atoms with van der Waals surface area (Å²) in [5.41, 5.74) is 4.81. The van der Waals surface area contributed by atoms with Gasteiger partial charge in [-0.15, -0.1) is 0 Å². The van der Waals surface area contributed by atoms with Gasteiger partial charge in [-0.25, -0.2) is 0 Å². The van der Waals surface area contributed by atoms with Gasteiger partial charge in [0.15, 0.2) is 0 Å². The van der Waals surface area contributed by atoms with Gasteiger partial charge in [0.05, 0.1) is 11.1 Å². The summed E-state index contributed by atoms with van der Waals surface area (Å²) in [6, 6.07) is 6.83. The van der Waals surface area contributed by atoms with Crippen LogP contribution in [0.2, 0.25) is 0 Å². The first-order valence-electron chi connectivity index (χ1n) is 9.89.